The topological polar surface area (TPSA) is 79.6 Å². The van der Waals surface area contributed by atoms with Crippen molar-refractivity contribution in [1.29, 1.82) is 0 Å². The average Bonchev–Trinajstić information content (AvgIpc) is 2.43. The van der Waals surface area contributed by atoms with Crippen molar-refractivity contribution >= 4 is 23.6 Å². The Morgan fingerprint density at radius 3 is 2.90 bits per heavy atom. The van der Waals surface area contributed by atoms with E-state index in [0.29, 0.717) is 23.7 Å². The van der Waals surface area contributed by atoms with E-state index in [0.717, 1.165) is 0 Å². The summed E-state index contributed by atoms with van der Waals surface area (Å²) in [5.41, 5.74) is 3.19. The Morgan fingerprint density at radius 2 is 2.20 bits per heavy atom. The number of hydrogen-bond donors (Lipinski definition) is 2. The lowest BCUT2D eigenvalue weighted by atomic mass is 10.2. The van der Waals surface area contributed by atoms with Crippen LogP contribution < -0.4 is 10.2 Å². The Labute approximate surface area is 121 Å². The Hall–Kier alpha value is -2.34. The van der Waals surface area contributed by atoms with Crippen LogP contribution in [-0.4, -0.2) is 27.9 Å². The molecule has 0 aliphatic rings. The third-order valence-corrected chi connectivity index (χ3v) is 2.62. The van der Waals surface area contributed by atoms with Crippen molar-refractivity contribution in [3.05, 3.63) is 41.3 Å². The minimum Gasteiger partial charge on any atom is -0.507 e. The van der Waals surface area contributed by atoms with Gasteiger partial charge in [-0.25, -0.2) is 9.97 Å². The van der Waals surface area contributed by atoms with Crippen LogP contribution in [0.5, 0.6) is 11.5 Å². The van der Waals surface area contributed by atoms with Gasteiger partial charge >= 0.3 is 0 Å². The van der Waals surface area contributed by atoms with E-state index in [-0.39, 0.29) is 10.9 Å². The number of benzene rings is 1. The lowest BCUT2D eigenvalue weighted by Crippen LogP contribution is -1.96. The molecule has 0 atom stereocenters. The highest BCUT2D eigenvalue weighted by molar-refractivity contribution is 6.31. The molecule has 1 aromatic carbocycles. The number of anilines is 1. The maximum atomic E-state index is 9.82. The van der Waals surface area contributed by atoms with Crippen molar-refractivity contribution in [2.24, 2.45) is 5.10 Å². The van der Waals surface area contributed by atoms with E-state index in [1.54, 1.807) is 12.1 Å². The summed E-state index contributed by atoms with van der Waals surface area (Å²) in [6.07, 6.45) is 4.43. The number of phenols is 1. The van der Waals surface area contributed by atoms with Crippen LogP contribution in [0.3, 0.4) is 0 Å². The highest BCUT2D eigenvalue weighted by Crippen LogP contribution is 2.22. The van der Waals surface area contributed by atoms with Gasteiger partial charge in [-0.2, -0.15) is 5.10 Å². The van der Waals surface area contributed by atoms with E-state index < -0.39 is 0 Å². The van der Waals surface area contributed by atoms with E-state index >= 15 is 0 Å². The van der Waals surface area contributed by atoms with Crippen LogP contribution in [0, 0.1) is 0 Å². The summed E-state index contributed by atoms with van der Waals surface area (Å²) in [7, 11) is 0. The SMILES string of the molecule is CCOc1ccc(C=NNc2nccnc2Cl)c(O)c1. The Kier molecular flexibility index (Phi) is 4.73. The molecule has 0 bridgehead atoms. The molecule has 0 saturated carbocycles. The number of aromatic hydroxyl groups is 1. The van der Waals surface area contributed by atoms with Gasteiger partial charge in [0.15, 0.2) is 11.0 Å². The molecule has 0 saturated heterocycles. The van der Waals surface area contributed by atoms with Gasteiger partial charge < -0.3 is 9.84 Å². The molecule has 0 fully saturated rings. The average molecular weight is 293 g/mol. The Morgan fingerprint density at radius 1 is 1.40 bits per heavy atom. The van der Waals surface area contributed by atoms with E-state index in [1.807, 2.05) is 6.92 Å². The molecular formula is C13H13ClN4O2. The van der Waals surface area contributed by atoms with Crippen LogP contribution in [0.2, 0.25) is 5.15 Å². The van der Waals surface area contributed by atoms with Crippen LogP contribution in [0.25, 0.3) is 0 Å². The fourth-order valence-electron chi connectivity index (χ4n) is 1.45. The smallest absolute Gasteiger partial charge is 0.184 e. The van der Waals surface area contributed by atoms with Gasteiger partial charge in [-0.05, 0) is 19.1 Å². The molecule has 0 amide bonds. The van der Waals surface area contributed by atoms with Crippen LogP contribution in [0.15, 0.2) is 35.7 Å². The maximum Gasteiger partial charge on any atom is 0.184 e. The number of hydrazone groups is 1. The Bertz CT molecular complexity index is 619. The molecule has 0 aliphatic heterocycles. The lowest BCUT2D eigenvalue weighted by molar-refractivity contribution is 0.337. The van der Waals surface area contributed by atoms with Crippen molar-refractivity contribution in [1.82, 2.24) is 9.97 Å². The summed E-state index contributed by atoms with van der Waals surface area (Å²) in [6.45, 7) is 2.42. The third kappa shape index (κ3) is 3.58. The summed E-state index contributed by atoms with van der Waals surface area (Å²) >= 11 is 5.82. The molecule has 104 valence electrons. The predicted octanol–water partition coefficient (Wildman–Crippen LogP) is 2.68. The maximum absolute atomic E-state index is 9.82. The van der Waals surface area contributed by atoms with Gasteiger partial charge in [0.2, 0.25) is 0 Å². The number of halogens is 1. The van der Waals surface area contributed by atoms with Gasteiger partial charge in [-0.3, -0.25) is 5.43 Å². The minimum atomic E-state index is 0.0757. The second-order valence-corrected chi connectivity index (χ2v) is 4.08. The van der Waals surface area contributed by atoms with Crippen molar-refractivity contribution in [2.75, 3.05) is 12.0 Å². The monoisotopic (exact) mass is 292 g/mol. The quantitative estimate of drug-likeness (QED) is 0.654. The first-order valence-corrected chi connectivity index (χ1v) is 6.30. The van der Waals surface area contributed by atoms with Crippen molar-refractivity contribution < 1.29 is 9.84 Å². The van der Waals surface area contributed by atoms with Crippen LogP contribution in [0.4, 0.5) is 5.82 Å². The molecule has 0 radical (unpaired) electrons. The summed E-state index contributed by atoms with van der Waals surface area (Å²) in [5.74, 6) is 1.02. The Balaban J connectivity index is 2.06. The second kappa shape index (κ2) is 6.72. The number of nitrogens with one attached hydrogen (secondary N) is 1. The van der Waals surface area contributed by atoms with Gasteiger partial charge in [0.05, 0.1) is 12.8 Å². The van der Waals surface area contributed by atoms with Crippen molar-refractivity contribution in [3.63, 3.8) is 0 Å². The van der Waals surface area contributed by atoms with Gasteiger partial charge in [0, 0.05) is 24.0 Å². The van der Waals surface area contributed by atoms with Crippen molar-refractivity contribution in [2.45, 2.75) is 6.92 Å². The van der Waals surface area contributed by atoms with E-state index in [2.05, 4.69) is 20.5 Å². The van der Waals surface area contributed by atoms with Crippen LogP contribution in [-0.2, 0) is 0 Å². The number of hydrogen-bond acceptors (Lipinski definition) is 6. The largest absolute Gasteiger partial charge is 0.507 e. The summed E-state index contributed by atoms with van der Waals surface area (Å²) in [4.78, 5) is 7.82. The van der Waals surface area contributed by atoms with Gasteiger partial charge in [0.25, 0.3) is 0 Å². The molecule has 6 nitrogen and oxygen atoms in total. The van der Waals surface area contributed by atoms with Crippen LogP contribution in [0.1, 0.15) is 12.5 Å². The first-order chi connectivity index (χ1) is 9.70. The zero-order valence-corrected chi connectivity index (χ0v) is 11.5. The first-order valence-electron chi connectivity index (χ1n) is 5.92. The second-order valence-electron chi connectivity index (χ2n) is 3.72. The molecule has 0 aliphatic carbocycles. The number of nitrogens with zero attached hydrogens (tertiary/aromatic N) is 3. The summed E-state index contributed by atoms with van der Waals surface area (Å²) in [5, 5.41) is 14.0. The van der Waals surface area contributed by atoms with Crippen molar-refractivity contribution in [3.8, 4) is 11.5 Å². The molecule has 20 heavy (non-hydrogen) atoms. The molecule has 0 spiro atoms. The number of aromatic nitrogens is 2. The van der Waals surface area contributed by atoms with E-state index in [9.17, 15) is 5.11 Å². The molecule has 2 aromatic rings. The predicted molar refractivity (Wildman–Crippen MR) is 77.5 cm³/mol. The fraction of sp³-hybridized carbons (Fsp3) is 0.154. The number of rotatable bonds is 5. The van der Waals surface area contributed by atoms with Crippen LogP contribution >= 0.6 is 11.6 Å². The molecule has 1 heterocycles. The van der Waals surface area contributed by atoms with Gasteiger partial charge in [-0.15, -0.1) is 0 Å². The molecule has 1 aromatic heterocycles. The number of ether oxygens (including phenoxy) is 1. The van der Waals surface area contributed by atoms with Gasteiger partial charge in [-0.1, -0.05) is 11.6 Å². The third-order valence-electron chi connectivity index (χ3n) is 2.34. The lowest BCUT2D eigenvalue weighted by Gasteiger charge is -2.05. The van der Waals surface area contributed by atoms with E-state index in [4.69, 9.17) is 16.3 Å². The standard InChI is InChI=1S/C13H13ClN4O2/c1-2-20-10-4-3-9(11(19)7-10)8-17-18-13-12(14)15-5-6-16-13/h3-8,19H,2H2,1H3,(H,16,18). The van der Waals surface area contributed by atoms with E-state index in [1.165, 1.54) is 24.7 Å². The zero-order valence-electron chi connectivity index (χ0n) is 10.7. The zero-order chi connectivity index (χ0) is 14.4. The molecule has 0 unspecified atom stereocenters. The first kappa shape index (κ1) is 14.1. The van der Waals surface area contributed by atoms with Gasteiger partial charge in [0.1, 0.15) is 11.5 Å². The summed E-state index contributed by atoms with van der Waals surface area (Å²) < 4.78 is 5.28. The minimum absolute atomic E-state index is 0.0757. The molecular weight excluding hydrogens is 280 g/mol. The fourth-order valence-corrected chi connectivity index (χ4v) is 1.60. The molecule has 7 heteroatoms. The number of phenolic OH excluding ortho intramolecular Hbond substituents is 1. The molecule has 2 rings (SSSR count). The molecule has 2 N–H and O–H groups in total. The highest BCUT2D eigenvalue weighted by Gasteiger charge is 2.02. The summed E-state index contributed by atoms with van der Waals surface area (Å²) in [6, 6.07) is 4.98. The normalized spacial score (nSPS) is 10.7. The highest BCUT2D eigenvalue weighted by atomic mass is 35.5.